The van der Waals surface area contributed by atoms with Crippen molar-refractivity contribution in [2.24, 2.45) is 11.7 Å². The van der Waals surface area contributed by atoms with Crippen molar-refractivity contribution < 1.29 is 9.18 Å². The number of nitrogens with one attached hydrogen (secondary N) is 1. The second-order valence-electron chi connectivity index (χ2n) is 4.72. The lowest BCUT2D eigenvalue weighted by atomic mass is 10.2. The number of rotatable bonds is 5. The summed E-state index contributed by atoms with van der Waals surface area (Å²) in [6.07, 6.45) is 0. The fourth-order valence-corrected chi connectivity index (χ4v) is 2.59. The van der Waals surface area contributed by atoms with Crippen LogP contribution in [0.15, 0.2) is 36.4 Å². The van der Waals surface area contributed by atoms with E-state index >= 15 is 0 Å². The summed E-state index contributed by atoms with van der Waals surface area (Å²) < 4.78 is 12.9. The molecule has 6 heteroatoms. The molecule has 1 unspecified atom stereocenters. The van der Waals surface area contributed by atoms with Crippen LogP contribution in [0.2, 0.25) is 0 Å². The summed E-state index contributed by atoms with van der Waals surface area (Å²) in [5, 5.41) is 2.86. The molecule has 2 rings (SSSR count). The maximum atomic E-state index is 12.9. The van der Waals surface area contributed by atoms with Gasteiger partial charge in [0.05, 0.1) is 4.88 Å². The Morgan fingerprint density at radius 2 is 1.95 bits per heavy atom. The molecule has 1 aromatic heterocycles. The van der Waals surface area contributed by atoms with E-state index in [0.717, 1.165) is 10.4 Å². The van der Waals surface area contributed by atoms with Gasteiger partial charge in [0.25, 0.3) is 5.91 Å². The Morgan fingerprint density at radius 1 is 1.29 bits per heavy atom. The molecule has 0 aliphatic rings. The quantitative estimate of drug-likeness (QED) is 0.884. The molecule has 114 valence electrons. The van der Waals surface area contributed by atoms with Crippen molar-refractivity contribution in [1.29, 1.82) is 0 Å². The number of amides is 1. The highest BCUT2D eigenvalue weighted by Gasteiger charge is 2.11. The van der Waals surface area contributed by atoms with Crippen molar-refractivity contribution in [3.8, 4) is 10.4 Å². The first-order valence-electron chi connectivity index (χ1n) is 6.44. The molecule has 21 heavy (non-hydrogen) atoms. The molecule has 3 N–H and O–H groups in total. The summed E-state index contributed by atoms with van der Waals surface area (Å²) in [5.41, 5.74) is 6.42. The summed E-state index contributed by atoms with van der Waals surface area (Å²) in [6, 6.07) is 9.90. The summed E-state index contributed by atoms with van der Waals surface area (Å²) in [6.45, 7) is 3.10. The number of halogens is 2. The Balaban J connectivity index is 0.00000220. The highest BCUT2D eigenvalue weighted by molar-refractivity contribution is 7.17. The van der Waals surface area contributed by atoms with Gasteiger partial charge >= 0.3 is 0 Å². The minimum absolute atomic E-state index is 0. The maximum absolute atomic E-state index is 12.9. The predicted octanol–water partition coefficient (Wildman–Crippen LogP) is 3.30. The smallest absolute Gasteiger partial charge is 0.261 e. The van der Waals surface area contributed by atoms with E-state index in [1.54, 1.807) is 18.2 Å². The summed E-state index contributed by atoms with van der Waals surface area (Å²) in [5.74, 6) is -0.0989. The van der Waals surface area contributed by atoms with Crippen LogP contribution in [0.4, 0.5) is 4.39 Å². The maximum Gasteiger partial charge on any atom is 0.261 e. The van der Waals surface area contributed by atoms with Gasteiger partial charge in [-0.1, -0.05) is 19.1 Å². The van der Waals surface area contributed by atoms with E-state index in [1.807, 2.05) is 13.0 Å². The van der Waals surface area contributed by atoms with Crippen LogP contribution in [-0.4, -0.2) is 19.0 Å². The average molecular weight is 329 g/mol. The zero-order chi connectivity index (χ0) is 14.5. The number of nitrogens with two attached hydrogens (primary N) is 1. The van der Waals surface area contributed by atoms with Crippen LogP contribution in [0.3, 0.4) is 0 Å². The third kappa shape index (κ3) is 4.81. The van der Waals surface area contributed by atoms with Gasteiger partial charge in [-0.25, -0.2) is 4.39 Å². The minimum atomic E-state index is -0.265. The van der Waals surface area contributed by atoms with Crippen molar-refractivity contribution >= 4 is 29.7 Å². The third-order valence-electron chi connectivity index (χ3n) is 2.97. The molecular weight excluding hydrogens is 311 g/mol. The Bertz CT molecular complexity index is 586. The first kappa shape index (κ1) is 17.6. The number of carbonyl (C=O) groups is 1. The lowest BCUT2D eigenvalue weighted by Gasteiger charge is -2.08. The standard InChI is InChI=1S/C15H17FN2OS.ClH/c1-10(8-17)9-18-15(19)14-7-6-13(20-14)11-2-4-12(16)5-3-11;/h2-7,10H,8-9,17H2,1H3,(H,18,19);1H. The van der Waals surface area contributed by atoms with Crippen molar-refractivity contribution in [1.82, 2.24) is 5.32 Å². The van der Waals surface area contributed by atoms with Gasteiger partial charge in [0, 0.05) is 11.4 Å². The number of hydrogen-bond donors (Lipinski definition) is 2. The average Bonchev–Trinajstić information content (AvgIpc) is 2.95. The third-order valence-corrected chi connectivity index (χ3v) is 4.11. The van der Waals surface area contributed by atoms with E-state index in [2.05, 4.69) is 5.32 Å². The molecule has 2 aromatic rings. The van der Waals surface area contributed by atoms with Gasteiger partial charge in [-0.3, -0.25) is 4.79 Å². The van der Waals surface area contributed by atoms with Crippen LogP contribution in [0.25, 0.3) is 10.4 Å². The molecule has 0 spiro atoms. The van der Waals surface area contributed by atoms with Crippen LogP contribution in [0.1, 0.15) is 16.6 Å². The first-order valence-corrected chi connectivity index (χ1v) is 7.26. The molecule has 0 radical (unpaired) electrons. The van der Waals surface area contributed by atoms with Gasteiger partial charge in [0.2, 0.25) is 0 Å². The van der Waals surface area contributed by atoms with Gasteiger partial charge in [-0.05, 0) is 42.3 Å². The van der Waals surface area contributed by atoms with E-state index in [9.17, 15) is 9.18 Å². The molecule has 1 aromatic carbocycles. The molecule has 3 nitrogen and oxygen atoms in total. The number of benzene rings is 1. The van der Waals surface area contributed by atoms with Crippen LogP contribution >= 0.6 is 23.7 Å². The molecule has 1 amide bonds. The van der Waals surface area contributed by atoms with E-state index < -0.39 is 0 Å². The summed E-state index contributed by atoms with van der Waals surface area (Å²) in [4.78, 5) is 13.6. The molecular formula is C15H18ClFN2OS. The minimum Gasteiger partial charge on any atom is -0.351 e. The van der Waals surface area contributed by atoms with Gasteiger partial charge < -0.3 is 11.1 Å². The number of thiophene rings is 1. The summed E-state index contributed by atoms with van der Waals surface area (Å²) in [7, 11) is 0. The molecule has 0 bridgehead atoms. The van der Waals surface area contributed by atoms with Crippen molar-refractivity contribution in [2.45, 2.75) is 6.92 Å². The van der Waals surface area contributed by atoms with Crippen LogP contribution in [0, 0.1) is 11.7 Å². The van der Waals surface area contributed by atoms with E-state index in [0.29, 0.717) is 18.0 Å². The monoisotopic (exact) mass is 328 g/mol. The molecule has 0 aliphatic carbocycles. The zero-order valence-corrected chi connectivity index (χ0v) is 13.3. The number of hydrogen-bond acceptors (Lipinski definition) is 3. The Labute approximate surface area is 133 Å². The fraction of sp³-hybridized carbons (Fsp3) is 0.267. The van der Waals surface area contributed by atoms with E-state index in [4.69, 9.17) is 5.73 Å². The van der Waals surface area contributed by atoms with Gasteiger partial charge in [-0.15, -0.1) is 23.7 Å². The lowest BCUT2D eigenvalue weighted by molar-refractivity contribution is 0.0952. The highest BCUT2D eigenvalue weighted by Crippen LogP contribution is 2.28. The molecule has 0 saturated heterocycles. The van der Waals surface area contributed by atoms with E-state index in [1.165, 1.54) is 23.5 Å². The Morgan fingerprint density at radius 3 is 2.57 bits per heavy atom. The molecule has 0 aliphatic heterocycles. The first-order chi connectivity index (χ1) is 9.60. The van der Waals surface area contributed by atoms with Crippen molar-refractivity contribution in [2.75, 3.05) is 13.1 Å². The van der Waals surface area contributed by atoms with Crippen molar-refractivity contribution in [3.63, 3.8) is 0 Å². The molecule has 0 saturated carbocycles. The fourth-order valence-electron chi connectivity index (χ4n) is 1.67. The topological polar surface area (TPSA) is 55.1 Å². The zero-order valence-electron chi connectivity index (χ0n) is 11.6. The summed E-state index contributed by atoms with van der Waals surface area (Å²) >= 11 is 1.39. The van der Waals surface area contributed by atoms with Crippen LogP contribution in [-0.2, 0) is 0 Å². The van der Waals surface area contributed by atoms with Gasteiger partial charge in [0.1, 0.15) is 5.82 Å². The van der Waals surface area contributed by atoms with Gasteiger partial charge in [0.15, 0.2) is 0 Å². The van der Waals surface area contributed by atoms with Crippen LogP contribution in [0.5, 0.6) is 0 Å². The van der Waals surface area contributed by atoms with Crippen LogP contribution < -0.4 is 11.1 Å². The normalized spacial score (nSPS) is 11.6. The highest BCUT2D eigenvalue weighted by atomic mass is 35.5. The SMILES string of the molecule is CC(CN)CNC(=O)c1ccc(-c2ccc(F)cc2)s1.Cl. The second-order valence-corrected chi connectivity index (χ2v) is 5.81. The van der Waals surface area contributed by atoms with Gasteiger partial charge in [-0.2, -0.15) is 0 Å². The Hall–Kier alpha value is -1.43. The molecule has 1 heterocycles. The lowest BCUT2D eigenvalue weighted by Crippen LogP contribution is -2.30. The largest absolute Gasteiger partial charge is 0.351 e. The molecule has 0 fully saturated rings. The van der Waals surface area contributed by atoms with Crippen molar-refractivity contribution in [3.05, 3.63) is 47.1 Å². The predicted molar refractivity (Wildman–Crippen MR) is 87.5 cm³/mol. The molecule has 1 atom stereocenters. The Kier molecular flexibility index (Phi) is 6.81. The van der Waals surface area contributed by atoms with E-state index in [-0.39, 0.29) is 30.0 Å². The number of carbonyl (C=O) groups excluding carboxylic acids is 1. The second kappa shape index (κ2) is 8.12.